The predicted octanol–water partition coefficient (Wildman–Crippen LogP) is 2.62. The number of carbonyl (C=O) groups is 1. The summed E-state index contributed by atoms with van der Waals surface area (Å²) in [5.41, 5.74) is 2.93. The molecule has 2 aromatic heterocycles. The minimum absolute atomic E-state index is 0.0319. The molecule has 0 aliphatic heterocycles. The van der Waals surface area contributed by atoms with E-state index in [1.807, 2.05) is 54.8 Å². The highest BCUT2D eigenvalue weighted by molar-refractivity contribution is 5.81. The third-order valence-corrected chi connectivity index (χ3v) is 3.73. The van der Waals surface area contributed by atoms with Crippen molar-refractivity contribution < 1.29 is 4.79 Å². The maximum absolute atomic E-state index is 12.3. The fourth-order valence-electron chi connectivity index (χ4n) is 2.56. The van der Waals surface area contributed by atoms with Gasteiger partial charge < -0.3 is 9.88 Å². The Kier molecular flexibility index (Phi) is 3.87. The Morgan fingerprint density at radius 1 is 1.23 bits per heavy atom. The van der Waals surface area contributed by atoms with Crippen LogP contribution >= 0.6 is 0 Å². The minimum Gasteiger partial charge on any atom is -0.348 e. The molecule has 2 heterocycles. The number of carbonyl (C=O) groups excluding carboxylic acids is 1. The molecule has 0 fully saturated rings. The van der Waals surface area contributed by atoms with Crippen LogP contribution in [0, 0.1) is 6.92 Å². The molecule has 0 aliphatic carbocycles. The van der Waals surface area contributed by atoms with E-state index < -0.39 is 0 Å². The lowest BCUT2D eigenvalue weighted by molar-refractivity contribution is -0.122. The highest BCUT2D eigenvalue weighted by atomic mass is 16.2. The van der Waals surface area contributed by atoms with Crippen LogP contribution in [-0.2, 0) is 11.3 Å². The highest BCUT2D eigenvalue weighted by Gasteiger charge is 2.13. The zero-order valence-corrected chi connectivity index (χ0v) is 12.7. The topological polar surface area (TPSA) is 59.8 Å². The first-order valence-corrected chi connectivity index (χ1v) is 7.26. The minimum atomic E-state index is -0.0504. The second-order valence-electron chi connectivity index (χ2n) is 5.30. The number of benzene rings is 1. The number of rotatable bonds is 4. The standard InChI is InChI=1S/C17H18N4O/c1-12(14-7-9-18-10-8-14)19-17(22)11-21-13(2)20-15-5-3-4-6-16(15)21/h3-10,12H,11H2,1-2H3,(H,19,22)/t12-/m0/s1. The number of para-hydroxylation sites is 2. The second kappa shape index (κ2) is 5.97. The molecule has 0 radical (unpaired) electrons. The van der Waals surface area contributed by atoms with Crippen molar-refractivity contribution in [2.24, 2.45) is 0 Å². The number of imidazole rings is 1. The summed E-state index contributed by atoms with van der Waals surface area (Å²) in [6.07, 6.45) is 3.46. The molecule has 0 spiro atoms. The van der Waals surface area contributed by atoms with Crippen molar-refractivity contribution in [3.05, 3.63) is 60.2 Å². The number of amides is 1. The summed E-state index contributed by atoms with van der Waals surface area (Å²) < 4.78 is 1.93. The van der Waals surface area contributed by atoms with Crippen molar-refractivity contribution >= 4 is 16.9 Å². The Bertz CT molecular complexity index is 795. The first kappa shape index (κ1) is 14.3. The van der Waals surface area contributed by atoms with Crippen LogP contribution in [-0.4, -0.2) is 20.4 Å². The molecule has 5 nitrogen and oxygen atoms in total. The SMILES string of the molecule is Cc1nc2ccccc2n1CC(=O)N[C@@H](C)c1ccncc1. The summed E-state index contributed by atoms with van der Waals surface area (Å²) in [4.78, 5) is 20.8. The van der Waals surface area contributed by atoms with Crippen LogP contribution in [0.4, 0.5) is 0 Å². The second-order valence-corrected chi connectivity index (χ2v) is 5.30. The van der Waals surface area contributed by atoms with Crippen molar-refractivity contribution in [1.29, 1.82) is 0 Å². The summed E-state index contributed by atoms with van der Waals surface area (Å²) >= 11 is 0. The normalized spacial score (nSPS) is 12.3. The average molecular weight is 294 g/mol. The van der Waals surface area contributed by atoms with Gasteiger partial charge in [-0.1, -0.05) is 12.1 Å². The van der Waals surface area contributed by atoms with Gasteiger partial charge in [0.2, 0.25) is 5.91 Å². The zero-order chi connectivity index (χ0) is 15.5. The first-order valence-electron chi connectivity index (χ1n) is 7.26. The number of pyridine rings is 1. The number of fused-ring (bicyclic) bond motifs is 1. The van der Waals surface area contributed by atoms with E-state index >= 15 is 0 Å². The summed E-state index contributed by atoms with van der Waals surface area (Å²) in [5, 5.41) is 3.01. The molecule has 1 aromatic carbocycles. The number of aromatic nitrogens is 3. The van der Waals surface area contributed by atoms with Crippen LogP contribution < -0.4 is 5.32 Å². The lowest BCUT2D eigenvalue weighted by Gasteiger charge is -2.15. The van der Waals surface area contributed by atoms with Gasteiger partial charge in [0.1, 0.15) is 12.4 Å². The number of aryl methyl sites for hydroxylation is 1. The van der Waals surface area contributed by atoms with Crippen molar-refractivity contribution in [1.82, 2.24) is 19.9 Å². The van der Waals surface area contributed by atoms with Crippen molar-refractivity contribution in [3.8, 4) is 0 Å². The number of nitrogens with zero attached hydrogens (tertiary/aromatic N) is 3. The molecule has 0 saturated heterocycles. The molecule has 112 valence electrons. The molecule has 3 aromatic rings. The Hall–Kier alpha value is -2.69. The number of nitrogens with one attached hydrogen (secondary N) is 1. The average Bonchev–Trinajstić information content (AvgIpc) is 2.84. The molecule has 0 unspecified atom stereocenters. The molecule has 1 amide bonds. The Morgan fingerprint density at radius 3 is 2.73 bits per heavy atom. The Morgan fingerprint density at radius 2 is 1.95 bits per heavy atom. The Balaban J connectivity index is 1.75. The molecule has 0 bridgehead atoms. The summed E-state index contributed by atoms with van der Waals surface area (Å²) in [6, 6.07) is 11.6. The molecule has 22 heavy (non-hydrogen) atoms. The van der Waals surface area contributed by atoms with Crippen LogP contribution in [0.2, 0.25) is 0 Å². The molecule has 5 heteroatoms. The Labute approximate surface area is 129 Å². The molecule has 0 aliphatic rings. The van der Waals surface area contributed by atoms with Crippen LogP contribution in [0.5, 0.6) is 0 Å². The molecule has 0 saturated carbocycles. The molecule has 1 atom stereocenters. The number of hydrogen-bond acceptors (Lipinski definition) is 3. The van der Waals surface area contributed by atoms with Crippen molar-refractivity contribution in [3.63, 3.8) is 0 Å². The molecular formula is C17H18N4O. The van der Waals surface area contributed by atoms with E-state index in [0.717, 1.165) is 22.4 Å². The third kappa shape index (κ3) is 2.83. The van der Waals surface area contributed by atoms with E-state index in [-0.39, 0.29) is 18.5 Å². The van der Waals surface area contributed by atoms with Gasteiger partial charge in [0, 0.05) is 12.4 Å². The lowest BCUT2D eigenvalue weighted by atomic mass is 10.1. The zero-order valence-electron chi connectivity index (χ0n) is 12.7. The van der Waals surface area contributed by atoms with Gasteiger partial charge in [0.25, 0.3) is 0 Å². The first-order chi connectivity index (χ1) is 10.6. The smallest absolute Gasteiger partial charge is 0.240 e. The number of hydrogen-bond donors (Lipinski definition) is 1. The van der Waals surface area contributed by atoms with Gasteiger partial charge in [-0.05, 0) is 43.7 Å². The van der Waals surface area contributed by atoms with Gasteiger partial charge in [-0.3, -0.25) is 9.78 Å². The van der Waals surface area contributed by atoms with Crippen LogP contribution in [0.25, 0.3) is 11.0 Å². The highest BCUT2D eigenvalue weighted by Crippen LogP contribution is 2.16. The van der Waals surface area contributed by atoms with Gasteiger partial charge in [-0.15, -0.1) is 0 Å². The van der Waals surface area contributed by atoms with Gasteiger partial charge >= 0.3 is 0 Å². The van der Waals surface area contributed by atoms with E-state index in [1.54, 1.807) is 12.4 Å². The molecule has 3 rings (SSSR count). The lowest BCUT2D eigenvalue weighted by Crippen LogP contribution is -2.30. The van der Waals surface area contributed by atoms with E-state index in [9.17, 15) is 4.79 Å². The summed E-state index contributed by atoms with van der Waals surface area (Å²) in [5.74, 6) is 0.809. The molecular weight excluding hydrogens is 276 g/mol. The van der Waals surface area contributed by atoms with Crippen LogP contribution in [0.1, 0.15) is 24.4 Å². The fraction of sp³-hybridized carbons (Fsp3) is 0.235. The van der Waals surface area contributed by atoms with E-state index in [2.05, 4.69) is 15.3 Å². The van der Waals surface area contributed by atoms with Gasteiger partial charge in [0.15, 0.2) is 0 Å². The van der Waals surface area contributed by atoms with Gasteiger partial charge in [-0.25, -0.2) is 4.98 Å². The summed E-state index contributed by atoms with van der Waals surface area (Å²) in [6.45, 7) is 4.15. The van der Waals surface area contributed by atoms with E-state index in [4.69, 9.17) is 0 Å². The largest absolute Gasteiger partial charge is 0.348 e. The van der Waals surface area contributed by atoms with Gasteiger partial charge in [0.05, 0.1) is 17.1 Å². The monoisotopic (exact) mass is 294 g/mol. The van der Waals surface area contributed by atoms with Crippen molar-refractivity contribution in [2.45, 2.75) is 26.4 Å². The van der Waals surface area contributed by atoms with E-state index in [0.29, 0.717) is 0 Å². The quantitative estimate of drug-likeness (QED) is 0.804. The maximum atomic E-state index is 12.3. The maximum Gasteiger partial charge on any atom is 0.240 e. The summed E-state index contributed by atoms with van der Waals surface area (Å²) in [7, 11) is 0. The fourth-order valence-corrected chi connectivity index (χ4v) is 2.56. The van der Waals surface area contributed by atoms with Crippen molar-refractivity contribution in [2.75, 3.05) is 0 Å². The van der Waals surface area contributed by atoms with Crippen LogP contribution in [0.15, 0.2) is 48.8 Å². The molecule has 1 N–H and O–H groups in total. The predicted molar refractivity (Wildman–Crippen MR) is 85.3 cm³/mol. The van der Waals surface area contributed by atoms with Crippen LogP contribution in [0.3, 0.4) is 0 Å². The van der Waals surface area contributed by atoms with E-state index in [1.165, 1.54) is 0 Å². The third-order valence-electron chi connectivity index (χ3n) is 3.73. The van der Waals surface area contributed by atoms with Gasteiger partial charge in [-0.2, -0.15) is 0 Å².